The van der Waals surface area contributed by atoms with Crippen LogP contribution in [0.4, 0.5) is 5.69 Å². The normalized spacial score (nSPS) is 11.9. The summed E-state index contributed by atoms with van der Waals surface area (Å²) in [5, 5.41) is 3.94. The SMILES string of the molecule is CC[C@@H](C)c1ccc(NC(=O)COC(=O)CCCc2c[nH]c3ccccc23)cc1. The van der Waals surface area contributed by atoms with E-state index in [0.29, 0.717) is 18.0 Å². The Labute approximate surface area is 171 Å². The number of esters is 1. The lowest BCUT2D eigenvalue weighted by Crippen LogP contribution is -2.20. The second-order valence-electron chi connectivity index (χ2n) is 7.35. The molecule has 2 aromatic carbocycles. The Morgan fingerprint density at radius 2 is 1.86 bits per heavy atom. The molecule has 0 aliphatic carbocycles. The lowest BCUT2D eigenvalue weighted by Gasteiger charge is -2.10. The standard InChI is InChI=1S/C24H28N2O3/c1-3-17(2)18-11-13-20(14-12-18)26-23(27)16-29-24(28)10-6-7-19-15-25-22-9-5-4-8-21(19)22/h4-5,8-9,11-15,17,25H,3,6-7,10,16H2,1-2H3,(H,26,27)/t17-/m1/s1. The highest BCUT2D eigenvalue weighted by Crippen LogP contribution is 2.21. The number of hydrogen-bond donors (Lipinski definition) is 2. The van der Waals surface area contributed by atoms with Crippen LogP contribution in [0.25, 0.3) is 10.9 Å². The summed E-state index contributed by atoms with van der Waals surface area (Å²) in [6.45, 7) is 4.06. The van der Waals surface area contributed by atoms with Gasteiger partial charge in [0, 0.05) is 29.2 Å². The number of anilines is 1. The molecule has 0 bridgehead atoms. The molecule has 1 atom stereocenters. The van der Waals surface area contributed by atoms with Crippen LogP contribution >= 0.6 is 0 Å². The van der Waals surface area contributed by atoms with Gasteiger partial charge in [-0.1, -0.05) is 44.2 Å². The summed E-state index contributed by atoms with van der Waals surface area (Å²) < 4.78 is 5.10. The number of benzene rings is 2. The fourth-order valence-corrected chi connectivity index (χ4v) is 3.31. The zero-order valence-electron chi connectivity index (χ0n) is 17.0. The molecular weight excluding hydrogens is 364 g/mol. The van der Waals surface area contributed by atoms with Gasteiger partial charge in [0.2, 0.25) is 0 Å². The number of aromatic nitrogens is 1. The molecule has 2 N–H and O–H groups in total. The van der Waals surface area contributed by atoms with Gasteiger partial charge in [-0.25, -0.2) is 0 Å². The Bertz CT molecular complexity index is 960. The average molecular weight is 392 g/mol. The molecule has 1 aromatic heterocycles. The van der Waals surface area contributed by atoms with Gasteiger partial charge in [-0.05, 0) is 54.5 Å². The van der Waals surface area contributed by atoms with Gasteiger partial charge in [0.15, 0.2) is 6.61 Å². The third kappa shape index (κ3) is 5.70. The molecule has 0 spiro atoms. The van der Waals surface area contributed by atoms with Crippen LogP contribution < -0.4 is 5.32 Å². The van der Waals surface area contributed by atoms with Crippen molar-refractivity contribution in [1.29, 1.82) is 0 Å². The van der Waals surface area contributed by atoms with Crippen LogP contribution in [-0.4, -0.2) is 23.5 Å². The molecule has 0 saturated heterocycles. The summed E-state index contributed by atoms with van der Waals surface area (Å²) in [6.07, 6.45) is 4.81. The van der Waals surface area contributed by atoms with Crippen molar-refractivity contribution in [2.24, 2.45) is 0 Å². The number of aromatic amines is 1. The monoisotopic (exact) mass is 392 g/mol. The van der Waals surface area contributed by atoms with Crippen LogP contribution in [-0.2, 0) is 20.7 Å². The van der Waals surface area contributed by atoms with E-state index in [-0.39, 0.29) is 24.9 Å². The Hall–Kier alpha value is -3.08. The highest BCUT2D eigenvalue weighted by Gasteiger charge is 2.10. The van der Waals surface area contributed by atoms with Crippen LogP contribution in [0, 0.1) is 0 Å². The lowest BCUT2D eigenvalue weighted by atomic mass is 9.99. The first-order valence-corrected chi connectivity index (χ1v) is 10.2. The summed E-state index contributed by atoms with van der Waals surface area (Å²) in [7, 11) is 0. The molecule has 0 fully saturated rings. The molecule has 5 nitrogen and oxygen atoms in total. The first-order chi connectivity index (χ1) is 14.1. The van der Waals surface area contributed by atoms with Gasteiger partial charge in [-0.3, -0.25) is 9.59 Å². The van der Waals surface area contributed by atoms with Crippen molar-refractivity contribution >= 4 is 28.5 Å². The molecule has 0 unspecified atom stereocenters. The lowest BCUT2D eigenvalue weighted by molar-refractivity contribution is -0.147. The fourth-order valence-electron chi connectivity index (χ4n) is 3.31. The minimum Gasteiger partial charge on any atom is -0.456 e. The summed E-state index contributed by atoms with van der Waals surface area (Å²) in [5.74, 6) is -0.191. The number of carbonyl (C=O) groups is 2. The average Bonchev–Trinajstić information content (AvgIpc) is 3.15. The maximum absolute atomic E-state index is 12.0. The maximum Gasteiger partial charge on any atom is 0.306 e. The quantitative estimate of drug-likeness (QED) is 0.493. The van der Waals surface area contributed by atoms with Crippen LogP contribution in [0.2, 0.25) is 0 Å². The van der Waals surface area contributed by atoms with Gasteiger partial charge in [0.25, 0.3) is 5.91 Å². The first kappa shape index (κ1) is 20.6. The van der Waals surface area contributed by atoms with E-state index < -0.39 is 0 Å². The summed E-state index contributed by atoms with van der Waals surface area (Å²) in [6, 6.07) is 15.9. The molecule has 1 amide bonds. The van der Waals surface area contributed by atoms with E-state index in [2.05, 4.69) is 30.2 Å². The van der Waals surface area contributed by atoms with E-state index in [1.165, 1.54) is 16.5 Å². The maximum atomic E-state index is 12.0. The van der Waals surface area contributed by atoms with Gasteiger partial charge in [-0.15, -0.1) is 0 Å². The molecule has 0 aliphatic heterocycles. The smallest absolute Gasteiger partial charge is 0.306 e. The van der Waals surface area contributed by atoms with Gasteiger partial charge >= 0.3 is 5.97 Å². The van der Waals surface area contributed by atoms with Gasteiger partial charge in [-0.2, -0.15) is 0 Å². The van der Waals surface area contributed by atoms with Gasteiger partial charge in [0.05, 0.1) is 0 Å². The molecule has 152 valence electrons. The number of ether oxygens (including phenoxy) is 1. The molecule has 0 aliphatic rings. The fraction of sp³-hybridized carbons (Fsp3) is 0.333. The Kier molecular flexibility index (Phi) is 7.06. The number of amides is 1. The van der Waals surface area contributed by atoms with Crippen molar-refractivity contribution in [2.45, 2.75) is 45.4 Å². The van der Waals surface area contributed by atoms with Crippen molar-refractivity contribution in [3.05, 3.63) is 65.9 Å². The van der Waals surface area contributed by atoms with E-state index in [9.17, 15) is 9.59 Å². The van der Waals surface area contributed by atoms with E-state index >= 15 is 0 Å². The molecule has 1 heterocycles. The number of rotatable bonds is 9. The molecule has 3 aromatic rings. The second-order valence-corrected chi connectivity index (χ2v) is 7.35. The van der Waals surface area contributed by atoms with Crippen molar-refractivity contribution in [3.8, 4) is 0 Å². The predicted molar refractivity (Wildman–Crippen MR) is 116 cm³/mol. The van der Waals surface area contributed by atoms with E-state index in [4.69, 9.17) is 4.74 Å². The number of fused-ring (bicyclic) bond motifs is 1. The van der Waals surface area contributed by atoms with Crippen molar-refractivity contribution in [3.63, 3.8) is 0 Å². The highest BCUT2D eigenvalue weighted by atomic mass is 16.5. The Morgan fingerprint density at radius 1 is 1.10 bits per heavy atom. The molecule has 0 saturated carbocycles. The minimum atomic E-state index is -0.355. The van der Waals surface area contributed by atoms with E-state index in [1.807, 2.05) is 48.7 Å². The molecule has 0 radical (unpaired) electrons. The number of aryl methyl sites for hydroxylation is 1. The largest absolute Gasteiger partial charge is 0.456 e. The van der Waals surface area contributed by atoms with Gasteiger partial charge in [0.1, 0.15) is 0 Å². The van der Waals surface area contributed by atoms with Crippen LogP contribution in [0.15, 0.2) is 54.7 Å². The van der Waals surface area contributed by atoms with Crippen LogP contribution in [0.5, 0.6) is 0 Å². The summed E-state index contributed by atoms with van der Waals surface area (Å²) in [5.41, 5.74) is 4.23. The molecular formula is C24H28N2O3. The summed E-state index contributed by atoms with van der Waals surface area (Å²) >= 11 is 0. The van der Waals surface area contributed by atoms with E-state index in [0.717, 1.165) is 18.4 Å². The van der Waals surface area contributed by atoms with Crippen molar-refractivity contribution < 1.29 is 14.3 Å². The zero-order valence-corrected chi connectivity index (χ0v) is 17.0. The number of carbonyl (C=O) groups excluding carboxylic acids is 2. The van der Waals surface area contributed by atoms with E-state index in [1.54, 1.807) is 0 Å². The minimum absolute atomic E-state index is 0.265. The third-order valence-corrected chi connectivity index (χ3v) is 5.24. The zero-order chi connectivity index (χ0) is 20.6. The van der Waals surface area contributed by atoms with Crippen molar-refractivity contribution in [2.75, 3.05) is 11.9 Å². The topological polar surface area (TPSA) is 71.2 Å². The first-order valence-electron chi connectivity index (χ1n) is 10.2. The number of hydrogen-bond acceptors (Lipinski definition) is 3. The number of nitrogens with one attached hydrogen (secondary N) is 2. The van der Waals surface area contributed by atoms with Crippen LogP contribution in [0.1, 0.15) is 50.2 Å². The van der Waals surface area contributed by atoms with Crippen molar-refractivity contribution in [1.82, 2.24) is 4.98 Å². The molecule has 3 rings (SSSR count). The number of H-pyrrole nitrogens is 1. The third-order valence-electron chi connectivity index (χ3n) is 5.24. The molecule has 5 heteroatoms. The summed E-state index contributed by atoms with van der Waals surface area (Å²) in [4.78, 5) is 27.2. The second kappa shape index (κ2) is 9.92. The van der Waals surface area contributed by atoms with Crippen LogP contribution in [0.3, 0.4) is 0 Å². The Morgan fingerprint density at radius 3 is 2.62 bits per heavy atom. The van der Waals surface area contributed by atoms with Gasteiger partial charge < -0.3 is 15.0 Å². The number of para-hydroxylation sites is 1. The highest BCUT2D eigenvalue weighted by molar-refractivity contribution is 5.92. The predicted octanol–water partition coefficient (Wildman–Crippen LogP) is 5.19. The molecule has 29 heavy (non-hydrogen) atoms. The Balaban J connectivity index is 1.38.